The molecule has 5 rings (SSSR count). The Bertz CT molecular complexity index is 1680. The summed E-state index contributed by atoms with van der Waals surface area (Å²) in [5.74, 6) is 1.78. The highest BCUT2D eigenvalue weighted by molar-refractivity contribution is 7.89. The number of hydrogen-bond donors (Lipinski definition) is 0. The molecule has 1 aliphatic heterocycles. The number of sulfonamides is 1. The summed E-state index contributed by atoms with van der Waals surface area (Å²) in [6.07, 6.45) is 1.23. The molecule has 1 saturated heterocycles. The third kappa shape index (κ3) is 5.38. The Hall–Kier alpha value is -3.61. The molecule has 11 nitrogen and oxygen atoms in total. The number of hydrogen-bond acceptors (Lipinski definition) is 8. The lowest BCUT2D eigenvalue weighted by molar-refractivity contribution is -0.384. The molecule has 2 aromatic heterocycles. The molecule has 40 heavy (non-hydrogen) atoms. The molecule has 3 heterocycles. The Labute approximate surface area is 237 Å². The van der Waals surface area contributed by atoms with Crippen molar-refractivity contribution in [1.29, 1.82) is 0 Å². The zero-order chi connectivity index (χ0) is 28.6. The van der Waals surface area contributed by atoms with Crippen molar-refractivity contribution in [3.05, 3.63) is 75.2 Å². The number of rotatable bonds is 7. The van der Waals surface area contributed by atoms with E-state index in [9.17, 15) is 18.5 Å². The van der Waals surface area contributed by atoms with Gasteiger partial charge in [-0.05, 0) is 43.5 Å². The second kappa shape index (κ2) is 11.1. The number of para-hydroxylation sites is 1. The number of aromatic nitrogens is 4. The van der Waals surface area contributed by atoms with E-state index in [0.717, 1.165) is 28.7 Å². The highest BCUT2D eigenvalue weighted by Crippen LogP contribution is 2.32. The summed E-state index contributed by atoms with van der Waals surface area (Å²) < 4.78 is 30.2. The van der Waals surface area contributed by atoms with Gasteiger partial charge in [0.2, 0.25) is 10.0 Å². The summed E-state index contributed by atoms with van der Waals surface area (Å²) in [7, 11) is -3.98. The normalized spacial score (nSPS) is 15.1. The number of anilines is 1. The van der Waals surface area contributed by atoms with Crippen molar-refractivity contribution in [2.45, 2.75) is 38.5 Å². The van der Waals surface area contributed by atoms with Crippen LogP contribution in [-0.4, -0.2) is 63.6 Å². The number of aryl methyl sites for hydroxylation is 1. The topological polar surface area (TPSA) is 127 Å². The quantitative estimate of drug-likeness (QED) is 0.224. The smallest absolute Gasteiger partial charge is 0.289 e. The number of nitro groups is 1. The second-order valence-electron chi connectivity index (χ2n) is 10.2. The molecule has 210 valence electrons. The third-order valence-electron chi connectivity index (χ3n) is 6.83. The van der Waals surface area contributed by atoms with Crippen LogP contribution in [0.2, 0.25) is 5.02 Å². The van der Waals surface area contributed by atoms with Crippen molar-refractivity contribution in [2.24, 2.45) is 5.92 Å². The summed E-state index contributed by atoms with van der Waals surface area (Å²) in [6.45, 7) is 7.58. The summed E-state index contributed by atoms with van der Waals surface area (Å²) >= 11 is 5.91. The molecule has 1 fully saturated rings. The summed E-state index contributed by atoms with van der Waals surface area (Å²) in [4.78, 5) is 22.5. The van der Waals surface area contributed by atoms with Crippen LogP contribution in [0.5, 0.6) is 0 Å². The van der Waals surface area contributed by atoms with Gasteiger partial charge in [0.15, 0.2) is 5.65 Å². The van der Waals surface area contributed by atoms with E-state index >= 15 is 0 Å². The fourth-order valence-corrected chi connectivity index (χ4v) is 6.60. The van der Waals surface area contributed by atoms with Crippen molar-refractivity contribution >= 4 is 44.2 Å². The molecule has 0 N–H and O–H groups in total. The number of nitrogens with zero attached hydrogens (tertiary/aromatic N) is 7. The fraction of sp³-hybridized carbons (Fsp3) is 0.370. The van der Waals surface area contributed by atoms with E-state index in [0.29, 0.717) is 43.3 Å². The van der Waals surface area contributed by atoms with Crippen LogP contribution < -0.4 is 4.90 Å². The van der Waals surface area contributed by atoms with Crippen molar-refractivity contribution < 1.29 is 13.3 Å². The third-order valence-corrected chi connectivity index (χ3v) is 9.04. The Kier molecular flexibility index (Phi) is 7.76. The maximum Gasteiger partial charge on any atom is 0.289 e. The summed E-state index contributed by atoms with van der Waals surface area (Å²) in [5.41, 5.74) is 1.95. The first-order valence-electron chi connectivity index (χ1n) is 13.1. The van der Waals surface area contributed by atoms with E-state index in [1.807, 2.05) is 41.9 Å². The van der Waals surface area contributed by atoms with Gasteiger partial charge >= 0.3 is 0 Å². The van der Waals surface area contributed by atoms with E-state index < -0.39 is 20.6 Å². The summed E-state index contributed by atoms with van der Waals surface area (Å²) in [5, 5.41) is 16.9. The second-order valence-corrected chi connectivity index (χ2v) is 12.6. The van der Waals surface area contributed by atoms with Crippen LogP contribution in [0, 0.1) is 23.0 Å². The van der Waals surface area contributed by atoms with Gasteiger partial charge < -0.3 is 4.90 Å². The van der Waals surface area contributed by atoms with Crippen molar-refractivity contribution in [2.75, 3.05) is 31.1 Å². The van der Waals surface area contributed by atoms with Crippen LogP contribution in [0.15, 0.2) is 53.4 Å². The lowest BCUT2D eigenvalue weighted by Gasteiger charge is -2.24. The van der Waals surface area contributed by atoms with Crippen molar-refractivity contribution in [3.63, 3.8) is 0 Å². The molecule has 2 aromatic carbocycles. The van der Waals surface area contributed by atoms with Crippen molar-refractivity contribution in [3.8, 4) is 5.69 Å². The average molecular weight is 584 g/mol. The Morgan fingerprint density at radius 2 is 1.80 bits per heavy atom. The molecule has 4 aromatic rings. The molecule has 0 amide bonds. The van der Waals surface area contributed by atoms with Crippen LogP contribution >= 0.6 is 11.6 Å². The molecule has 1 aliphatic rings. The Morgan fingerprint density at radius 3 is 2.50 bits per heavy atom. The first-order valence-corrected chi connectivity index (χ1v) is 14.9. The predicted molar refractivity (Wildman–Crippen MR) is 154 cm³/mol. The maximum absolute atomic E-state index is 13.5. The van der Waals surface area contributed by atoms with Gasteiger partial charge in [-0.25, -0.2) is 23.1 Å². The molecule has 13 heteroatoms. The molecule has 0 aliphatic carbocycles. The van der Waals surface area contributed by atoms with Gasteiger partial charge in [-0.3, -0.25) is 10.1 Å². The van der Waals surface area contributed by atoms with Crippen LogP contribution in [-0.2, 0) is 16.4 Å². The minimum absolute atomic E-state index is 0.109. The molecular weight excluding hydrogens is 554 g/mol. The van der Waals surface area contributed by atoms with E-state index in [-0.39, 0.29) is 23.0 Å². The van der Waals surface area contributed by atoms with E-state index in [1.165, 1.54) is 16.4 Å². The lowest BCUT2D eigenvalue weighted by Crippen LogP contribution is -2.35. The highest BCUT2D eigenvalue weighted by atomic mass is 35.5. The fourth-order valence-electron chi connectivity index (χ4n) is 4.93. The monoisotopic (exact) mass is 583 g/mol. The number of nitro benzene ring substituents is 1. The van der Waals surface area contributed by atoms with E-state index in [4.69, 9.17) is 26.7 Å². The largest absolute Gasteiger partial charge is 0.355 e. The molecule has 0 atom stereocenters. The van der Waals surface area contributed by atoms with Crippen LogP contribution in [0.4, 0.5) is 11.5 Å². The van der Waals surface area contributed by atoms with E-state index in [2.05, 4.69) is 18.7 Å². The summed E-state index contributed by atoms with van der Waals surface area (Å²) in [6, 6.07) is 13.4. The molecule has 0 bridgehead atoms. The molecule has 0 radical (unpaired) electrons. The Balaban J connectivity index is 1.51. The molecule has 0 saturated carbocycles. The zero-order valence-corrected chi connectivity index (χ0v) is 24.1. The number of fused-ring (bicyclic) bond motifs is 1. The molecule has 0 spiro atoms. The first-order chi connectivity index (χ1) is 19.1. The van der Waals surface area contributed by atoms with Gasteiger partial charge in [0.1, 0.15) is 16.7 Å². The molecule has 0 unspecified atom stereocenters. The van der Waals surface area contributed by atoms with Gasteiger partial charge in [-0.2, -0.15) is 9.40 Å². The van der Waals surface area contributed by atoms with Gasteiger partial charge in [0.05, 0.1) is 26.6 Å². The zero-order valence-electron chi connectivity index (χ0n) is 22.5. The predicted octanol–water partition coefficient (Wildman–Crippen LogP) is 4.79. The van der Waals surface area contributed by atoms with E-state index in [1.54, 1.807) is 0 Å². The standard InChI is InChI=1S/C27H30ClN7O4S/c1-18(2)16-24-29-26(25-19(3)31-34(27(25)30-24)20-8-5-4-6-9-20)32-12-7-13-33(15-14-32)40(38,39)21-10-11-22(28)23(17-21)35(36)37/h4-6,8-11,17-18H,7,12-16H2,1-3H3. The van der Waals surface area contributed by atoms with Gasteiger partial charge in [-0.15, -0.1) is 0 Å². The van der Waals surface area contributed by atoms with Gasteiger partial charge in [0.25, 0.3) is 5.69 Å². The first kappa shape index (κ1) is 27.9. The SMILES string of the molecule is Cc1nn(-c2ccccc2)c2nc(CC(C)C)nc(N3CCCN(S(=O)(=O)c4ccc(Cl)c([N+](=O)[O-])c4)CC3)c12. The minimum Gasteiger partial charge on any atom is -0.355 e. The average Bonchev–Trinajstić information content (AvgIpc) is 3.08. The van der Waals surface area contributed by atoms with Gasteiger partial charge in [0, 0.05) is 38.7 Å². The van der Waals surface area contributed by atoms with Gasteiger partial charge in [-0.1, -0.05) is 43.6 Å². The lowest BCUT2D eigenvalue weighted by atomic mass is 10.1. The Morgan fingerprint density at radius 1 is 1.05 bits per heavy atom. The van der Waals surface area contributed by atoms with Crippen LogP contribution in [0.1, 0.15) is 31.8 Å². The molecular formula is C27H30ClN7O4S. The maximum atomic E-state index is 13.5. The highest BCUT2D eigenvalue weighted by Gasteiger charge is 2.31. The number of benzene rings is 2. The minimum atomic E-state index is -3.98. The van der Waals surface area contributed by atoms with Crippen LogP contribution in [0.3, 0.4) is 0 Å². The number of halogens is 1. The van der Waals surface area contributed by atoms with Crippen LogP contribution in [0.25, 0.3) is 16.7 Å². The van der Waals surface area contributed by atoms with Crippen molar-refractivity contribution in [1.82, 2.24) is 24.1 Å².